The van der Waals surface area contributed by atoms with E-state index in [9.17, 15) is 0 Å². The van der Waals surface area contributed by atoms with Crippen LogP contribution in [0.4, 0.5) is 11.4 Å². The Morgan fingerprint density at radius 1 is 1.08 bits per heavy atom. The molecule has 4 nitrogen and oxygen atoms in total. The van der Waals surface area contributed by atoms with Crippen LogP contribution in [0.25, 0.3) is 0 Å². The van der Waals surface area contributed by atoms with Crippen LogP contribution in [0.3, 0.4) is 0 Å². The minimum absolute atomic E-state index is 0.162. The van der Waals surface area contributed by atoms with Crippen LogP contribution < -0.4 is 16.0 Å². The monoisotopic (exact) mass is 370 g/mol. The van der Waals surface area contributed by atoms with E-state index in [-0.39, 0.29) is 5.54 Å². The van der Waals surface area contributed by atoms with Gasteiger partial charge in [0.1, 0.15) is 11.4 Å². The van der Waals surface area contributed by atoms with Gasteiger partial charge in [-0.2, -0.15) is 0 Å². The minimum Gasteiger partial charge on any atom is -0.370 e. The van der Waals surface area contributed by atoms with E-state index >= 15 is 0 Å². The van der Waals surface area contributed by atoms with Gasteiger partial charge in [-0.3, -0.25) is 4.99 Å². The normalized spacial score (nSPS) is 22.7. The molecule has 3 N–H and O–H groups in total. The van der Waals surface area contributed by atoms with Gasteiger partial charge in [0, 0.05) is 11.6 Å². The quantitative estimate of drug-likeness (QED) is 0.702. The lowest BCUT2D eigenvalue weighted by molar-refractivity contribution is 0.421. The third-order valence-electron chi connectivity index (χ3n) is 4.70. The summed E-state index contributed by atoms with van der Waals surface area (Å²) >= 11 is 6.09. The number of benzene rings is 2. The second kappa shape index (κ2) is 8.56. The average Bonchev–Trinajstić information content (AvgIpc) is 2.69. The zero-order valence-corrected chi connectivity index (χ0v) is 16.2. The molecule has 1 atom stereocenters. The first-order valence-electron chi connectivity index (χ1n) is 9.40. The van der Waals surface area contributed by atoms with Crippen molar-refractivity contribution in [1.29, 1.82) is 0 Å². The van der Waals surface area contributed by atoms with Gasteiger partial charge < -0.3 is 16.0 Å². The zero-order valence-electron chi connectivity index (χ0n) is 15.5. The van der Waals surface area contributed by atoms with Crippen molar-refractivity contribution in [2.24, 2.45) is 4.99 Å². The van der Waals surface area contributed by atoms with E-state index in [4.69, 9.17) is 16.6 Å². The third-order valence-corrected chi connectivity index (χ3v) is 4.94. The molecular formula is C21H27ClN4. The van der Waals surface area contributed by atoms with Gasteiger partial charge >= 0.3 is 0 Å². The van der Waals surface area contributed by atoms with Crippen molar-refractivity contribution in [1.82, 2.24) is 5.32 Å². The molecular weight excluding hydrogens is 344 g/mol. The lowest BCUT2D eigenvalue weighted by atomic mass is 9.86. The average molecular weight is 371 g/mol. The molecule has 2 aromatic rings. The number of anilines is 2. The first kappa shape index (κ1) is 18.7. The number of nitrogens with zero attached hydrogens (tertiary/aromatic N) is 1. The fraction of sp³-hybridized carbons (Fsp3) is 0.381. The fourth-order valence-corrected chi connectivity index (χ4v) is 3.69. The highest BCUT2D eigenvalue weighted by Crippen LogP contribution is 2.34. The molecule has 1 unspecified atom stereocenters. The molecule has 26 heavy (non-hydrogen) atoms. The van der Waals surface area contributed by atoms with E-state index in [2.05, 4.69) is 40.2 Å². The minimum atomic E-state index is -0.162. The number of rotatable bonds is 2. The van der Waals surface area contributed by atoms with Crippen LogP contribution in [0, 0.1) is 0 Å². The number of aliphatic imine (C=N–C) groups is 1. The lowest BCUT2D eigenvalue weighted by Crippen LogP contribution is -2.60. The number of hydrogen-bond donors (Lipinski definition) is 3. The molecule has 5 heteroatoms. The highest BCUT2D eigenvalue weighted by molar-refractivity contribution is 6.30. The van der Waals surface area contributed by atoms with Crippen LogP contribution in [-0.2, 0) is 6.54 Å². The molecule has 0 amide bonds. The maximum Gasteiger partial charge on any atom is 0.128 e. The molecule has 0 aliphatic carbocycles. The van der Waals surface area contributed by atoms with Crippen molar-refractivity contribution in [3.63, 3.8) is 0 Å². The van der Waals surface area contributed by atoms with Crippen LogP contribution in [0.2, 0.25) is 5.02 Å². The molecule has 138 valence electrons. The Hall–Kier alpha value is -2.04. The van der Waals surface area contributed by atoms with Gasteiger partial charge in [-0.05, 0) is 49.2 Å². The molecule has 0 bridgehead atoms. The largest absolute Gasteiger partial charge is 0.370 e. The van der Waals surface area contributed by atoms with Gasteiger partial charge in [-0.1, -0.05) is 49.7 Å². The van der Waals surface area contributed by atoms with Gasteiger partial charge in [-0.15, -0.1) is 0 Å². The highest BCUT2D eigenvalue weighted by atomic mass is 35.5. The molecule has 0 aromatic heterocycles. The van der Waals surface area contributed by atoms with Crippen molar-refractivity contribution in [2.45, 2.75) is 38.8 Å². The Kier molecular flexibility index (Phi) is 6.17. The molecule has 2 aromatic carbocycles. The summed E-state index contributed by atoms with van der Waals surface area (Å²) < 4.78 is 0. The van der Waals surface area contributed by atoms with Crippen LogP contribution in [0.15, 0.2) is 53.5 Å². The Morgan fingerprint density at radius 2 is 1.88 bits per heavy atom. The summed E-state index contributed by atoms with van der Waals surface area (Å²) in [6, 6.07) is 16.2. The zero-order chi connectivity index (χ0) is 18.4. The number of amidine groups is 1. The number of halogens is 1. The van der Waals surface area contributed by atoms with E-state index in [1.54, 1.807) is 0 Å². The summed E-state index contributed by atoms with van der Waals surface area (Å²) in [7, 11) is 0. The molecule has 1 spiro atoms. The summed E-state index contributed by atoms with van der Waals surface area (Å²) in [5.41, 5.74) is 3.18. The Bertz CT molecular complexity index is 766. The molecule has 1 fully saturated rings. The van der Waals surface area contributed by atoms with Gasteiger partial charge in [-0.25, -0.2) is 0 Å². The second-order valence-electron chi connectivity index (χ2n) is 6.45. The number of piperidine rings is 1. The fourth-order valence-electron chi connectivity index (χ4n) is 3.48. The van der Waals surface area contributed by atoms with E-state index < -0.39 is 0 Å². The maximum atomic E-state index is 6.09. The summed E-state index contributed by atoms with van der Waals surface area (Å²) in [5, 5.41) is 11.5. The summed E-state index contributed by atoms with van der Waals surface area (Å²) in [6.45, 7) is 6.56. The van der Waals surface area contributed by atoms with Crippen molar-refractivity contribution in [3.05, 3.63) is 59.1 Å². The van der Waals surface area contributed by atoms with Crippen molar-refractivity contribution in [3.8, 4) is 0 Å². The topological polar surface area (TPSA) is 48.5 Å². The second-order valence-corrected chi connectivity index (χ2v) is 6.89. The van der Waals surface area contributed by atoms with Crippen LogP contribution in [0.5, 0.6) is 0 Å². The first-order valence-corrected chi connectivity index (χ1v) is 9.77. The Morgan fingerprint density at radius 3 is 2.62 bits per heavy atom. The smallest absolute Gasteiger partial charge is 0.128 e. The highest BCUT2D eigenvalue weighted by Gasteiger charge is 2.40. The summed E-state index contributed by atoms with van der Waals surface area (Å²) in [4.78, 5) is 4.91. The standard InChI is InChI=1S/C19H21ClN4.C2H6/c20-15-6-3-5-14(11-15)12-22-18-19(9-4-10-21-13-19)24-17-8-2-1-7-16(17)23-18;1-2/h1-3,5-8,11,21,24H,4,9-10,12-13H2,(H,22,23);1-2H3. The molecule has 1 saturated heterocycles. The molecule has 2 aliphatic rings. The van der Waals surface area contributed by atoms with E-state index in [0.717, 1.165) is 53.7 Å². The van der Waals surface area contributed by atoms with Crippen LogP contribution in [0.1, 0.15) is 32.3 Å². The molecule has 2 aliphatic heterocycles. The van der Waals surface area contributed by atoms with Crippen molar-refractivity contribution < 1.29 is 0 Å². The third kappa shape index (κ3) is 4.02. The van der Waals surface area contributed by atoms with Gasteiger partial charge in [0.2, 0.25) is 0 Å². The molecule has 2 heterocycles. The predicted molar refractivity (Wildman–Crippen MR) is 112 cm³/mol. The van der Waals surface area contributed by atoms with E-state index in [1.165, 1.54) is 0 Å². The van der Waals surface area contributed by atoms with Crippen LogP contribution in [-0.4, -0.2) is 24.5 Å². The lowest BCUT2D eigenvalue weighted by Gasteiger charge is -2.44. The molecule has 4 rings (SSSR count). The maximum absolute atomic E-state index is 6.09. The first-order chi connectivity index (χ1) is 12.8. The Labute approximate surface area is 161 Å². The number of para-hydroxylation sites is 2. The summed E-state index contributed by atoms with van der Waals surface area (Å²) in [6.07, 6.45) is 2.20. The SMILES string of the molecule is CC.Clc1cccc(CN=C2Nc3ccccc3NC23CCCNC3)c1. The van der Waals surface area contributed by atoms with Crippen molar-refractivity contribution in [2.75, 3.05) is 23.7 Å². The predicted octanol–water partition coefficient (Wildman–Crippen LogP) is 4.92. The molecule has 0 radical (unpaired) electrons. The summed E-state index contributed by atoms with van der Waals surface area (Å²) in [5.74, 6) is 1.01. The molecule has 0 saturated carbocycles. The van der Waals surface area contributed by atoms with E-state index in [1.807, 2.05) is 38.1 Å². The van der Waals surface area contributed by atoms with Gasteiger partial charge in [0.25, 0.3) is 0 Å². The number of nitrogens with one attached hydrogen (secondary N) is 3. The number of fused-ring (bicyclic) bond motifs is 1. The van der Waals surface area contributed by atoms with Crippen molar-refractivity contribution >= 4 is 28.8 Å². The van der Waals surface area contributed by atoms with Gasteiger partial charge in [0.15, 0.2) is 0 Å². The van der Waals surface area contributed by atoms with Gasteiger partial charge in [0.05, 0.1) is 17.9 Å². The van der Waals surface area contributed by atoms with Crippen LogP contribution >= 0.6 is 11.6 Å². The Balaban J connectivity index is 0.000000948. The number of hydrogen-bond acceptors (Lipinski definition) is 3. The van der Waals surface area contributed by atoms with E-state index in [0.29, 0.717) is 6.54 Å².